The van der Waals surface area contributed by atoms with Crippen LogP contribution in [-0.2, 0) is 21.2 Å². The summed E-state index contributed by atoms with van der Waals surface area (Å²) in [5.41, 5.74) is 1.87. The minimum atomic E-state index is -3.28. The summed E-state index contributed by atoms with van der Waals surface area (Å²) in [5, 5.41) is 3.52. The second-order valence-corrected chi connectivity index (χ2v) is 7.83. The number of nitrogens with zero attached hydrogens (tertiary/aromatic N) is 1. The van der Waals surface area contributed by atoms with Crippen LogP contribution in [0.2, 0.25) is 5.02 Å². The Morgan fingerprint density at radius 1 is 1.32 bits per heavy atom. The molecule has 0 fully saturated rings. The van der Waals surface area contributed by atoms with Gasteiger partial charge in [0.05, 0.1) is 18.1 Å². The van der Waals surface area contributed by atoms with Gasteiger partial charge in [0.1, 0.15) is 5.01 Å². The summed E-state index contributed by atoms with van der Waals surface area (Å²) in [6, 6.07) is 7.47. The quantitative estimate of drug-likeness (QED) is 0.785. The molecule has 1 aromatic carbocycles. The number of halogens is 1. The van der Waals surface area contributed by atoms with Crippen LogP contribution in [0.15, 0.2) is 29.6 Å². The van der Waals surface area contributed by atoms with Crippen molar-refractivity contribution in [2.24, 2.45) is 0 Å². The van der Waals surface area contributed by atoms with Crippen LogP contribution in [0, 0.1) is 0 Å². The predicted molar refractivity (Wildman–Crippen MR) is 89.9 cm³/mol. The van der Waals surface area contributed by atoms with Crippen LogP contribution >= 0.6 is 22.9 Å². The molecular weight excluding hydrogens is 344 g/mol. The molecular formula is C14H17ClN2O3S2. The summed E-state index contributed by atoms with van der Waals surface area (Å²) in [7, 11) is -1.80. The summed E-state index contributed by atoms with van der Waals surface area (Å²) >= 11 is 7.39. The van der Waals surface area contributed by atoms with E-state index in [1.54, 1.807) is 0 Å². The molecule has 2 rings (SSSR count). The van der Waals surface area contributed by atoms with E-state index in [2.05, 4.69) is 9.71 Å². The van der Waals surface area contributed by atoms with Gasteiger partial charge in [-0.25, -0.2) is 18.1 Å². The van der Waals surface area contributed by atoms with Gasteiger partial charge >= 0.3 is 0 Å². The lowest BCUT2D eigenvalue weighted by atomic mass is 10.2. The summed E-state index contributed by atoms with van der Waals surface area (Å²) < 4.78 is 30.5. The second-order valence-electron chi connectivity index (χ2n) is 4.61. The average Bonchev–Trinajstić information content (AvgIpc) is 2.94. The molecule has 5 nitrogen and oxygen atoms in total. The van der Waals surface area contributed by atoms with E-state index in [1.807, 2.05) is 29.6 Å². The molecule has 1 heterocycles. The maximum atomic E-state index is 11.6. The Hall–Kier alpha value is -0.990. The lowest BCUT2D eigenvalue weighted by Crippen LogP contribution is -2.30. The number of hydrogen-bond donors (Lipinski definition) is 1. The fourth-order valence-electron chi connectivity index (χ4n) is 1.75. The van der Waals surface area contributed by atoms with Crippen molar-refractivity contribution in [3.63, 3.8) is 0 Å². The molecule has 0 unspecified atom stereocenters. The molecule has 0 amide bonds. The molecule has 120 valence electrons. The monoisotopic (exact) mass is 360 g/mol. The van der Waals surface area contributed by atoms with Crippen molar-refractivity contribution in [3.8, 4) is 10.6 Å². The minimum absolute atomic E-state index is 0.0312. The van der Waals surface area contributed by atoms with Crippen LogP contribution < -0.4 is 4.72 Å². The average molecular weight is 361 g/mol. The van der Waals surface area contributed by atoms with Gasteiger partial charge in [0.2, 0.25) is 10.0 Å². The van der Waals surface area contributed by atoms with Crippen molar-refractivity contribution < 1.29 is 13.2 Å². The Kier molecular flexibility index (Phi) is 6.34. The smallest absolute Gasteiger partial charge is 0.213 e. The van der Waals surface area contributed by atoms with E-state index in [4.69, 9.17) is 16.3 Å². The van der Waals surface area contributed by atoms with E-state index in [1.165, 1.54) is 18.4 Å². The molecule has 0 aliphatic rings. The normalized spacial score (nSPS) is 11.7. The van der Waals surface area contributed by atoms with Crippen molar-refractivity contribution in [2.75, 3.05) is 26.0 Å². The Labute approximate surface area is 139 Å². The fourth-order valence-corrected chi connectivity index (χ4v) is 3.68. The molecule has 0 saturated heterocycles. The standard InChI is InChI=1S/C14H17ClN2O3S2/c1-20-8-9-22(18,19)16-7-6-13-10-21-14(17-13)11-2-4-12(15)5-3-11/h2-5,10,16H,6-9H2,1H3. The summed E-state index contributed by atoms with van der Waals surface area (Å²) in [6.45, 7) is 0.516. The second kappa shape index (κ2) is 8.03. The van der Waals surface area contributed by atoms with Gasteiger partial charge in [0, 0.05) is 36.0 Å². The van der Waals surface area contributed by atoms with Crippen LogP contribution in [0.3, 0.4) is 0 Å². The molecule has 0 atom stereocenters. The van der Waals surface area contributed by atoms with Crippen LogP contribution in [0.1, 0.15) is 5.69 Å². The number of ether oxygens (including phenoxy) is 1. The van der Waals surface area contributed by atoms with Gasteiger partial charge in [-0.3, -0.25) is 0 Å². The zero-order valence-electron chi connectivity index (χ0n) is 12.1. The van der Waals surface area contributed by atoms with E-state index in [0.717, 1.165) is 16.3 Å². The number of benzene rings is 1. The van der Waals surface area contributed by atoms with Crippen molar-refractivity contribution in [3.05, 3.63) is 40.4 Å². The van der Waals surface area contributed by atoms with Crippen LogP contribution in [-0.4, -0.2) is 39.4 Å². The highest BCUT2D eigenvalue weighted by Gasteiger charge is 2.10. The van der Waals surface area contributed by atoms with E-state index in [-0.39, 0.29) is 12.4 Å². The van der Waals surface area contributed by atoms with Gasteiger partial charge in [0.15, 0.2) is 0 Å². The first-order valence-corrected chi connectivity index (χ1v) is 9.58. The lowest BCUT2D eigenvalue weighted by Gasteiger charge is -2.04. The summed E-state index contributed by atoms with van der Waals surface area (Å²) in [4.78, 5) is 4.51. The lowest BCUT2D eigenvalue weighted by molar-refractivity contribution is 0.217. The highest BCUT2D eigenvalue weighted by molar-refractivity contribution is 7.89. The zero-order valence-corrected chi connectivity index (χ0v) is 14.5. The largest absolute Gasteiger partial charge is 0.384 e. The van der Waals surface area contributed by atoms with Gasteiger partial charge in [-0.1, -0.05) is 23.7 Å². The van der Waals surface area contributed by atoms with Crippen molar-refractivity contribution in [1.29, 1.82) is 0 Å². The van der Waals surface area contributed by atoms with Gasteiger partial charge in [0.25, 0.3) is 0 Å². The summed E-state index contributed by atoms with van der Waals surface area (Å²) in [6.07, 6.45) is 0.552. The van der Waals surface area contributed by atoms with E-state index < -0.39 is 10.0 Å². The van der Waals surface area contributed by atoms with Crippen molar-refractivity contribution in [2.45, 2.75) is 6.42 Å². The molecule has 22 heavy (non-hydrogen) atoms. The number of nitrogens with one attached hydrogen (secondary N) is 1. The van der Waals surface area contributed by atoms with Gasteiger partial charge < -0.3 is 4.74 Å². The molecule has 1 aromatic heterocycles. The number of rotatable bonds is 8. The topological polar surface area (TPSA) is 68.3 Å². The van der Waals surface area contributed by atoms with Crippen LogP contribution in [0.4, 0.5) is 0 Å². The van der Waals surface area contributed by atoms with E-state index >= 15 is 0 Å². The third-order valence-corrected chi connectivity index (χ3v) is 5.44. The SMILES string of the molecule is COCCS(=O)(=O)NCCc1csc(-c2ccc(Cl)cc2)n1. The number of methoxy groups -OCH3 is 1. The third-order valence-electron chi connectivity index (χ3n) is 2.90. The van der Waals surface area contributed by atoms with Crippen molar-refractivity contribution >= 4 is 33.0 Å². The molecule has 0 aliphatic carbocycles. The van der Waals surface area contributed by atoms with Gasteiger partial charge in [-0.2, -0.15) is 0 Å². The molecule has 8 heteroatoms. The van der Waals surface area contributed by atoms with Gasteiger partial charge in [-0.15, -0.1) is 11.3 Å². The maximum Gasteiger partial charge on any atom is 0.213 e. The number of sulfonamides is 1. The first-order chi connectivity index (χ1) is 10.5. The molecule has 0 spiro atoms. The van der Waals surface area contributed by atoms with E-state index in [0.29, 0.717) is 18.0 Å². The number of hydrogen-bond acceptors (Lipinski definition) is 5. The Morgan fingerprint density at radius 3 is 2.73 bits per heavy atom. The van der Waals surface area contributed by atoms with Gasteiger partial charge in [-0.05, 0) is 12.1 Å². The number of thiazole rings is 1. The van der Waals surface area contributed by atoms with Crippen LogP contribution in [0.5, 0.6) is 0 Å². The zero-order chi connectivity index (χ0) is 16.0. The Morgan fingerprint density at radius 2 is 2.05 bits per heavy atom. The Bertz CT molecular complexity index is 699. The molecule has 0 aliphatic heterocycles. The Balaban J connectivity index is 1.89. The van der Waals surface area contributed by atoms with Crippen molar-refractivity contribution in [1.82, 2.24) is 9.71 Å². The summed E-state index contributed by atoms with van der Waals surface area (Å²) in [5.74, 6) is -0.0312. The third kappa shape index (κ3) is 5.33. The fraction of sp³-hybridized carbons (Fsp3) is 0.357. The molecule has 0 radical (unpaired) electrons. The molecule has 1 N–H and O–H groups in total. The maximum absolute atomic E-state index is 11.6. The molecule has 0 bridgehead atoms. The molecule has 2 aromatic rings. The molecule has 0 saturated carbocycles. The highest BCUT2D eigenvalue weighted by atomic mass is 35.5. The number of aromatic nitrogens is 1. The predicted octanol–water partition coefficient (Wildman–Crippen LogP) is 2.57. The first kappa shape index (κ1) is 17.4. The highest BCUT2D eigenvalue weighted by Crippen LogP contribution is 2.25. The van der Waals surface area contributed by atoms with Crippen LogP contribution in [0.25, 0.3) is 10.6 Å². The van der Waals surface area contributed by atoms with E-state index in [9.17, 15) is 8.42 Å². The minimum Gasteiger partial charge on any atom is -0.384 e. The first-order valence-electron chi connectivity index (χ1n) is 6.67.